The largest absolute Gasteiger partial charge is 0.481 e. The van der Waals surface area contributed by atoms with Gasteiger partial charge in [-0.15, -0.1) is 0 Å². The van der Waals surface area contributed by atoms with Gasteiger partial charge in [-0.2, -0.15) is 0 Å². The Labute approximate surface area is 125 Å². The third kappa shape index (κ3) is 4.56. The molecule has 21 heavy (non-hydrogen) atoms. The smallest absolute Gasteiger partial charge is 0.307 e. The maximum atomic E-state index is 11.4. The van der Waals surface area contributed by atoms with Crippen molar-refractivity contribution in [1.29, 1.82) is 0 Å². The Morgan fingerprint density at radius 1 is 1.10 bits per heavy atom. The summed E-state index contributed by atoms with van der Waals surface area (Å²) >= 11 is 0. The zero-order valence-corrected chi connectivity index (χ0v) is 12.4. The summed E-state index contributed by atoms with van der Waals surface area (Å²) in [6, 6.07) is 7.69. The van der Waals surface area contributed by atoms with E-state index in [4.69, 9.17) is 5.11 Å². The van der Waals surface area contributed by atoms with Crippen LogP contribution in [0.2, 0.25) is 0 Å². The van der Waals surface area contributed by atoms with E-state index < -0.39 is 5.97 Å². The van der Waals surface area contributed by atoms with Gasteiger partial charge in [0.2, 0.25) is 5.91 Å². The van der Waals surface area contributed by atoms with Gasteiger partial charge in [0.1, 0.15) is 0 Å². The van der Waals surface area contributed by atoms with Crippen LogP contribution in [-0.4, -0.2) is 53.0 Å². The maximum absolute atomic E-state index is 11.4. The van der Waals surface area contributed by atoms with Crippen LogP contribution in [0.5, 0.6) is 0 Å². The van der Waals surface area contributed by atoms with Gasteiger partial charge in [-0.1, -0.05) is 24.3 Å². The van der Waals surface area contributed by atoms with Gasteiger partial charge in [-0.25, -0.2) is 0 Å². The number of hydrogen-bond donors (Lipinski definition) is 1. The summed E-state index contributed by atoms with van der Waals surface area (Å²) in [6.45, 7) is 5.68. The molecule has 0 aliphatic carbocycles. The fourth-order valence-electron chi connectivity index (χ4n) is 2.73. The summed E-state index contributed by atoms with van der Waals surface area (Å²) < 4.78 is 0. The lowest BCUT2D eigenvalue weighted by molar-refractivity contribution is -0.136. The highest BCUT2D eigenvalue weighted by atomic mass is 16.4. The van der Waals surface area contributed by atoms with Crippen molar-refractivity contribution in [1.82, 2.24) is 9.80 Å². The Hall–Kier alpha value is -1.88. The average molecular weight is 290 g/mol. The Kier molecular flexibility index (Phi) is 5.33. The van der Waals surface area contributed by atoms with E-state index in [-0.39, 0.29) is 12.3 Å². The molecule has 1 amide bonds. The molecule has 1 aliphatic rings. The molecule has 0 radical (unpaired) electrons. The summed E-state index contributed by atoms with van der Waals surface area (Å²) in [5, 5.41) is 8.98. The fraction of sp³-hybridized carbons (Fsp3) is 0.500. The highest BCUT2D eigenvalue weighted by molar-refractivity contribution is 5.73. The molecule has 1 heterocycles. The zero-order valence-electron chi connectivity index (χ0n) is 12.4. The molecule has 1 aromatic carbocycles. The third-order valence-electron chi connectivity index (χ3n) is 3.89. The van der Waals surface area contributed by atoms with Crippen LogP contribution in [0.4, 0.5) is 0 Å². The van der Waals surface area contributed by atoms with E-state index in [2.05, 4.69) is 4.90 Å². The molecule has 0 atom stereocenters. The number of hydrogen-bond acceptors (Lipinski definition) is 3. The van der Waals surface area contributed by atoms with Gasteiger partial charge in [-0.05, 0) is 17.5 Å². The van der Waals surface area contributed by atoms with Crippen LogP contribution in [0.1, 0.15) is 24.5 Å². The van der Waals surface area contributed by atoms with Crippen molar-refractivity contribution in [3.8, 4) is 0 Å². The highest BCUT2D eigenvalue weighted by Gasteiger charge is 2.17. The quantitative estimate of drug-likeness (QED) is 0.910. The second-order valence-corrected chi connectivity index (χ2v) is 5.47. The molecule has 5 nitrogen and oxygen atoms in total. The summed E-state index contributed by atoms with van der Waals surface area (Å²) in [5.74, 6) is -0.677. The third-order valence-corrected chi connectivity index (χ3v) is 3.89. The van der Waals surface area contributed by atoms with Crippen LogP contribution < -0.4 is 0 Å². The lowest BCUT2D eigenvalue weighted by atomic mass is 10.0. The molecule has 1 aromatic rings. The first-order valence-corrected chi connectivity index (χ1v) is 7.32. The van der Waals surface area contributed by atoms with E-state index in [0.29, 0.717) is 0 Å². The van der Waals surface area contributed by atoms with Gasteiger partial charge >= 0.3 is 5.97 Å². The lowest BCUT2D eigenvalue weighted by Crippen LogP contribution is -2.33. The minimum atomic E-state index is -0.805. The predicted octanol–water partition coefficient (Wildman–Crippen LogP) is 1.37. The molecule has 5 heteroatoms. The van der Waals surface area contributed by atoms with Crippen molar-refractivity contribution < 1.29 is 14.7 Å². The van der Waals surface area contributed by atoms with Gasteiger partial charge in [0.25, 0.3) is 0 Å². The van der Waals surface area contributed by atoms with E-state index in [1.54, 1.807) is 6.92 Å². The first-order chi connectivity index (χ1) is 10.1. The molecule has 1 N–H and O–H groups in total. The van der Waals surface area contributed by atoms with E-state index >= 15 is 0 Å². The van der Waals surface area contributed by atoms with Crippen molar-refractivity contribution in [2.24, 2.45) is 0 Å². The van der Waals surface area contributed by atoms with E-state index in [1.807, 2.05) is 29.2 Å². The van der Waals surface area contributed by atoms with Gasteiger partial charge in [-0.3, -0.25) is 14.5 Å². The van der Waals surface area contributed by atoms with Gasteiger partial charge in [0.05, 0.1) is 6.42 Å². The molecule has 114 valence electrons. The predicted molar refractivity (Wildman–Crippen MR) is 79.9 cm³/mol. The molecular formula is C16H22N2O3. The number of amides is 1. The van der Waals surface area contributed by atoms with Crippen molar-refractivity contribution in [3.63, 3.8) is 0 Å². The van der Waals surface area contributed by atoms with Crippen molar-refractivity contribution >= 4 is 11.9 Å². The molecule has 0 bridgehead atoms. The molecule has 0 aromatic heterocycles. The molecule has 1 saturated heterocycles. The number of benzene rings is 1. The second-order valence-electron chi connectivity index (χ2n) is 5.47. The molecule has 1 aliphatic heterocycles. The Balaban J connectivity index is 2.01. The summed E-state index contributed by atoms with van der Waals surface area (Å²) in [7, 11) is 0. The van der Waals surface area contributed by atoms with Gasteiger partial charge in [0.15, 0.2) is 0 Å². The normalized spacial score (nSPS) is 16.5. The van der Waals surface area contributed by atoms with Crippen molar-refractivity contribution in [2.75, 3.05) is 26.2 Å². The SMILES string of the molecule is CC(=O)N1CCCN(Cc2ccccc2CC(=O)O)CC1. The van der Waals surface area contributed by atoms with E-state index in [9.17, 15) is 9.59 Å². The van der Waals surface area contributed by atoms with Crippen LogP contribution >= 0.6 is 0 Å². The molecule has 1 fully saturated rings. The number of carbonyl (C=O) groups excluding carboxylic acids is 1. The molecule has 2 rings (SSSR count). The summed E-state index contributed by atoms with van der Waals surface area (Å²) in [5.41, 5.74) is 1.94. The maximum Gasteiger partial charge on any atom is 0.307 e. The first kappa shape index (κ1) is 15.5. The zero-order chi connectivity index (χ0) is 15.2. The van der Waals surface area contributed by atoms with E-state index in [1.165, 1.54) is 0 Å². The van der Waals surface area contributed by atoms with E-state index in [0.717, 1.165) is 50.3 Å². The number of rotatable bonds is 4. The number of carbonyl (C=O) groups is 2. The number of carboxylic acids is 1. The standard InChI is InChI=1S/C16H22N2O3/c1-13(19)18-8-4-7-17(9-10-18)12-15-6-3-2-5-14(15)11-16(20)21/h2-3,5-6H,4,7-12H2,1H3,(H,20,21). The first-order valence-electron chi connectivity index (χ1n) is 7.32. The topological polar surface area (TPSA) is 60.9 Å². The minimum Gasteiger partial charge on any atom is -0.481 e. The van der Waals surface area contributed by atoms with Gasteiger partial charge in [0, 0.05) is 39.6 Å². The lowest BCUT2D eigenvalue weighted by Gasteiger charge is -2.22. The number of nitrogens with zero attached hydrogens (tertiary/aromatic N) is 2. The summed E-state index contributed by atoms with van der Waals surface area (Å²) in [6.07, 6.45) is 1.02. The summed E-state index contributed by atoms with van der Waals surface area (Å²) in [4.78, 5) is 26.5. The Morgan fingerprint density at radius 2 is 1.81 bits per heavy atom. The number of aliphatic carboxylic acids is 1. The molecule has 0 saturated carbocycles. The average Bonchev–Trinajstić information content (AvgIpc) is 2.66. The van der Waals surface area contributed by atoms with Crippen molar-refractivity contribution in [3.05, 3.63) is 35.4 Å². The Bertz CT molecular complexity index is 516. The molecule has 0 unspecified atom stereocenters. The van der Waals surface area contributed by atoms with Crippen LogP contribution in [0, 0.1) is 0 Å². The van der Waals surface area contributed by atoms with Crippen LogP contribution in [-0.2, 0) is 22.6 Å². The van der Waals surface area contributed by atoms with Crippen LogP contribution in [0.15, 0.2) is 24.3 Å². The molecule has 0 spiro atoms. The monoisotopic (exact) mass is 290 g/mol. The highest BCUT2D eigenvalue weighted by Crippen LogP contribution is 2.14. The molecular weight excluding hydrogens is 268 g/mol. The fourth-order valence-corrected chi connectivity index (χ4v) is 2.73. The van der Waals surface area contributed by atoms with Gasteiger partial charge < -0.3 is 10.0 Å². The van der Waals surface area contributed by atoms with Crippen LogP contribution in [0.25, 0.3) is 0 Å². The minimum absolute atomic E-state index is 0.0591. The second kappa shape index (κ2) is 7.22. The number of carboxylic acid groups (broad SMARTS) is 1. The van der Waals surface area contributed by atoms with Crippen LogP contribution in [0.3, 0.4) is 0 Å². The van der Waals surface area contributed by atoms with Crippen molar-refractivity contribution in [2.45, 2.75) is 26.3 Å². The Morgan fingerprint density at radius 3 is 2.48 bits per heavy atom.